The highest BCUT2D eigenvalue weighted by Crippen LogP contribution is 2.33. The number of hydrogen-bond donors (Lipinski definition) is 0. The number of aromatic nitrogens is 2. The SMILES string of the molecule is CCCc1noc(C(C)N(C)Cc2ccc3c(c2)OCO3)n1. The quantitative estimate of drug-likeness (QED) is 0.817. The summed E-state index contributed by atoms with van der Waals surface area (Å²) in [6, 6.07) is 6.07. The Morgan fingerprint density at radius 2 is 2.09 bits per heavy atom. The van der Waals surface area contributed by atoms with Crippen LogP contribution in [0.15, 0.2) is 22.7 Å². The van der Waals surface area contributed by atoms with Gasteiger partial charge >= 0.3 is 0 Å². The van der Waals surface area contributed by atoms with Crippen molar-refractivity contribution in [2.24, 2.45) is 0 Å². The van der Waals surface area contributed by atoms with Crippen LogP contribution in [0.4, 0.5) is 0 Å². The minimum absolute atomic E-state index is 0.0588. The van der Waals surface area contributed by atoms with Gasteiger partial charge in [-0.15, -0.1) is 0 Å². The van der Waals surface area contributed by atoms with Crippen molar-refractivity contribution >= 4 is 0 Å². The van der Waals surface area contributed by atoms with Crippen LogP contribution >= 0.6 is 0 Å². The third-order valence-corrected chi connectivity index (χ3v) is 3.84. The van der Waals surface area contributed by atoms with Gasteiger partial charge in [-0.1, -0.05) is 18.1 Å². The van der Waals surface area contributed by atoms with E-state index in [1.54, 1.807) is 0 Å². The second-order valence-corrected chi connectivity index (χ2v) is 5.58. The number of ether oxygens (including phenoxy) is 2. The van der Waals surface area contributed by atoms with Crippen LogP contribution in [0.2, 0.25) is 0 Å². The van der Waals surface area contributed by atoms with Crippen LogP contribution in [-0.4, -0.2) is 28.9 Å². The van der Waals surface area contributed by atoms with Gasteiger partial charge in [-0.25, -0.2) is 0 Å². The number of rotatable bonds is 6. The zero-order valence-electron chi connectivity index (χ0n) is 13.2. The fraction of sp³-hybridized carbons (Fsp3) is 0.500. The van der Waals surface area contributed by atoms with Crippen molar-refractivity contribution in [3.8, 4) is 11.5 Å². The first-order valence-electron chi connectivity index (χ1n) is 7.58. The molecular formula is C16H21N3O3. The van der Waals surface area contributed by atoms with E-state index in [9.17, 15) is 0 Å². The van der Waals surface area contributed by atoms with E-state index in [2.05, 4.69) is 28.9 Å². The molecule has 0 N–H and O–H groups in total. The summed E-state index contributed by atoms with van der Waals surface area (Å²) < 4.78 is 16.1. The molecule has 3 rings (SSSR count). The summed E-state index contributed by atoms with van der Waals surface area (Å²) in [4.78, 5) is 6.62. The number of aryl methyl sites for hydroxylation is 1. The molecule has 2 heterocycles. The lowest BCUT2D eigenvalue weighted by Crippen LogP contribution is -2.22. The van der Waals surface area contributed by atoms with Gasteiger partial charge in [0.15, 0.2) is 17.3 Å². The molecule has 0 bridgehead atoms. The summed E-state index contributed by atoms with van der Waals surface area (Å²) in [7, 11) is 2.04. The van der Waals surface area contributed by atoms with E-state index in [0.29, 0.717) is 12.7 Å². The van der Waals surface area contributed by atoms with Crippen LogP contribution in [0.5, 0.6) is 11.5 Å². The van der Waals surface area contributed by atoms with E-state index in [1.807, 2.05) is 25.2 Å². The highest BCUT2D eigenvalue weighted by molar-refractivity contribution is 5.44. The predicted molar refractivity (Wildman–Crippen MR) is 80.7 cm³/mol. The second-order valence-electron chi connectivity index (χ2n) is 5.58. The molecule has 6 nitrogen and oxygen atoms in total. The van der Waals surface area contributed by atoms with Crippen LogP contribution in [0, 0.1) is 0 Å². The number of hydrogen-bond acceptors (Lipinski definition) is 6. The molecule has 118 valence electrons. The molecule has 0 saturated heterocycles. The molecule has 1 atom stereocenters. The topological polar surface area (TPSA) is 60.6 Å². The largest absolute Gasteiger partial charge is 0.454 e. The van der Waals surface area contributed by atoms with Crippen LogP contribution in [0.3, 0.4) is 0 Å². The molecule has 1 aromatic heterocycles. The van der Waals surface area contributed by atoms with Gasteiger partial charge in [0.05, 0.1) is 6.04 Å². The lowest BCUT2D eigenvalue weighted by Gasteiger charge is -2.21. The average Bonchev–Trinajstić information content (AvgIpc) is 3.15. The standard InChI is InChI=1S/C16H21N3O3/c1-4-5-15-17-16(22-18-15)11(2)19(3)9-12-6-7-13-14(8-12)21-10-20-13/h6-8,11H,4-5,9-10H2,1-3H3. The van der Waals surface area contributed by atoms with E-state index in [-0.39, 0.29) is 6.04 Å². The van der Waals surface area contributed by atoms with E-state index in [4.69, 9.17) is 14.0 Å². The van der Waals surface area contributed by atoms with Crippen LogP contribution in [-0.2, 0) is 13.0 Å². The van der Waals surface area contributed by atoms with Crippen molar-refractivity contribution in [3.05, 3.63) is 35.5 Å². The van der Waals surface area contributed by atoms with Crippen molar-refractivity contribution in [2.45, 2.75) is 39.3 Å². The van der Waals surface area contributed by atoms with Gasteiger partial charge in [-0.2, -0.15) is 4.98 Å². The second kappa shape index (κ2) is 6.36. The van der Waals surface area contributed by atoms with Crippen LogP contribution in [0.1, 0.15) is 43.6 Å². The van der Waals surface area contributed by atoms with Gasteiger partial charge < -0.3 is 14.0 Å². The molecule has 0 saturated carbocycles. The Balaban J connectivity index is 1.66. The Morgan fingerprint density at radius 1 is 1.27 bits per heavy atom. The third kappa shape index (κ3) is 3.06. The molecule has 0 amide bonds. The first-order chi connectivity index (χ1) is 10.7. The average molecular weight is 303 g/mol. The Hall–Kier alpha value is -2.08. The number of benzene rings is 1. The summed E-state index contributed by atoms with van der Waals surface area (Å²) in [6.07, 6.45) is 1.86. The van der Waals surface area contributed by atoms with Crippen molar-refractivity contribution in [1.29, 1.82) is 0 Å². The summed E-state index contributed by atoms with van der Waals surface area (Å²) in [6.45, 7) is 5.23. The van der Waals surface area contributed by atoms with E-state index < -0.39 is 0 Å². The van der Waals surface area contributed by atoms with Gasteiger partial charge in [0.2, 0.25) is 12.7 Å². The Labute approximate surface area is 130 Å². The maximum atomic E-state index is 5.41. The molecule has 0 spiro atoms. The molecular weight excluding hydrogens is 282 g/mol. The maximum Gasteiger partial charge on any atom is 0.243 e. The highest BCUT2D eigenvalue weighted by atomic mass is 16.7. The molecule has 2 aromatic rings. The molecule has 1 unspecified atom stereocenters. The maximum absolute atomic E-state index is 5.41. The van der Waals surface area contributed by atoms with Crippen molar-refractivity contribution < 1.29 is 14.0 Å². The number of nitrogens with zero attached hydrogens (tertiary/aromatic N) is 3. The molecule has 1 aliphatic heterocycles. The van der Waals surface area contributed by atoms with Gasteiger partial charge in [0.25, 0.3) is 0 Å². The fourth-order valence-electron chi connectivity index (χ4n) is 2.42. The molecule has 6 heteroatoms. The van der Waals surface area contributed by atoms with Gasteiger partial charge in [-0.3, -0.25) is 4.90 Å². The zero-order valence-corrected chi connectivity index (χ0v) is 13.2. The normalized spacial score (nSPS) is 14.5. The molecule has 0 aliphatic carbocycles. The number of fused-ring (bicyclic) bond motifs is 1. The monoisotopic (exact) mass is 303 g/mol. The first kappa shape index (κ1) is 14.8. The molecule has 0 radical (unpaired) electrons. The predicted octanol–water partition coefficient (Wildman–Crippen LogP) is 2.94. The molecule has 1 aromatic carbocycles. The van der Waals surface area contributed by atoms with Gasteiger partial charge in [-0.05, 0) is 38.1 Å². The van der Waals surface area contributed by atoms with E-state index in [1.165, 1.54) is 0 Å². The summed E-state index contributed by atoms with van der Waals surface area (Å²) in [5, 5.41) is 4.01. The lowest BCUT2D eigenvalue weighted by molar-refractivity contribution is 0.173. The fourth-order valence-corrected chi connectivity index (χ4v) is 2.42. The molecule has 1 aliphatic rings. The summed E-state index contributed by atoms with van der Waals surface area (Å²) >= 11 is 0. The summed E-state index contributed by atoms with van der Waals surface area (Å²) in [5.41, 5.74) is 1.16. The first-order valence-corrected chi connectivity index (χ1v) is 7.58. The molecule has 22 heavy (non-hydrogen) atoms. The summed E-state index contributed by atoms with van der Waals surface area (Å²) in [5.74, 6) is 3.05. The Morgan fingerprint density at radius 3 is 2.91 bits per heavy atom. The van der Waals surface area contributed by atoms with Crippen molar-refractivity contribution in [2.75, 3.05) is 13.8 Å². The van der Waals surface area contributed by atoms with Crippen LogP contribution < -0.4 is 9.47 Å². The smallest absolute Gasteiger partial charge is 0.243 e. The van der Waals surface area contributed by atoms with E-state index in [0.717, 1.165) is 42.3 Å². The van der Waals surface area contributed by atoms with Crippen molar-refractivity contribution in [3.63, 3.8) is 0 Å². The molecule has 0 fully saturated rings. The lowest BCUT2D eigenvalue weighted by atomic mass is 10.1. The Kier molecular flexibility index (Phi) is 4.29. The third-order valence-electron chi connectivity index (χ3n) is 3.84. The minimum atomic E-state index is 0.0588. The Bertz CT molecular complexity index is 641. The van der Waals surface area contributed by atoms with Gasteiger partial charge in [0.1, 0.15) is 0 Å². The minimum Gasteiger partial charge on any atom is -0.454 e. The van der Waals surface area contributed by atoms with E-state index >= 15 is 0 Å². The van der Waals surface area contributed by atoms with Crippen LogP contribution in [0.25, 0.3) is 0 Å². The zero-order chi connectivity index (χ0) is 15.5. The van der Waals surface area contributed by atoms with Gasteiger partial charge in [0, 0.05) is 13.0 Å². The van der Waals surface area contributed by atoms with Crippen molar-refractivity contribution in [1.82, 2.24) is 15.0 Å². The highest BCUT2D eigenvalue weighted by Gasteiger charge is 2.20.